The third-order valence-corrected chi connectivity index (χ3v) is 3.04. The Bertz CT molecular complexity index is 543. The Morgan fingerprint density at radius 1 is 1.42 bits per heavy atom. The molecule has 0 spiro atoms. The van der Waals surface area contributed by atoms with Crippen molar-refractivity contribution in [2.75, 3.05) is 18.6 Å². The van der Waals surface area contributed by atoms with Crippen molar-refractivity contribution in [3.05, 3.63) is 29.3 Å². The molecule has 1 aromatic rings. The van der Waals surface area contributed by atoms with Crippen LogP contribution in [-0.2, 0) is 9.53 Å². The molecule has 1 rings (SSSR count). The van der Waals surface area contributed by atoms with E-state index >= 15 is 0 Å². The largest absolute Gasteiger partial charge is 0.465 e. The molecule has 4 nitrogen and oxygen atoms in total. The van der Waals surface area contributed by atoms with E-state index in [-0.39, 0.29) is 5.12 Å². The molecule has 0 amide bonds. The number of rotatable bonds is 3. The Kier molecular flexibility index (Phi) is 5.97. The topological polar surface area (TPSA) is 69.4 Å². The SMILES string of the molecule is COC(=O)c1ccc(N)c(C#CCCSC(C)=O)c1. The minimum atomic E-state index is -0.421. The van der Waals surface area contributed by atoms with E-state index in [1.807, 2.05) is 0 Å². The Labute approximate surface area is 116 Å². The van der Waals surface area contributed by atoms with E-state index in [1.54, 1.807) is 18.2 Å². The molecule has 0 heterocycles. The maximum absolute atomic E-state index is 11.4. The summed E-state index contributed by atoms with van der Waals surface area (Å²) in [6, 6.07) is 4.82. The monoisotopic (exact) mass is 277 g/mol. The summed E-state index contributed by atoms with van der Waals surface area (Å²) < 4.78 is 4.63. The fraction of sp³-hybridized carbons (Fsp3) is 0.286. The van der Waals surface area contributed by atoms with Crippen molar-refractivity contribution in [3.8, 4) is 11.8 Å². The third-order valence-electron chi connectivity index (χ3n) is 2.23. The van der Waals surface area contributed by atoms with E-state index in [0.717, 1.165) is 0 Å². The lowest BCUT2D eigenvalue weighted by atomic mass is 10.1. The highest BCUT2D eigenvalue weighted by molar-refractivity contribution is 8.13. The van der Waals surface area contributed by atoms with Gasteiger partial charge in [0.15, 0.2) is 5.12 Å². The van der Waals surface area contributed by atoms with E-state index in [4.69, 9.17) is 5.73 Å². The molecule has 0 aliphatic heterocycles. The van der Waals surface area contributed by atoms with Crippen LogP contribution in [0.25, 0.3) is 0 Å². The van der Waals surface area contributed by atoms with Gasteiger partial charge in [0.05, 0.1) is 12.7 Å². The normalized spacial score (nSPS) is 9.37. The van der Waals surface area contributed by atoms with Gasteiger partial charge in [-0.3, -0.25) is 4.79 Å². The molecule has 0 bridgehead atoms. The Hall–Kier alpha value is -1.93. The molecule has 0 unspecified atom stereocenters. The number of anilines is 1. The van der Waals surface area contributed by atoms with Gasteiger partial charge >= 0.3 is 5.97 Å². The first-order chi connectivity index (χ1) is 9.04. The number of carbonyl (C=O) groups is 2. The molecule has 0 saturated heterocycles. The predicted molar refractivity (Wildman–Crippen MR) is 76.8 cm³/mol. The number of nitrogen functional groups attached to an aromatic ring is 1. The second kappa shape index (κ2) is 7.49. The number of hydrogen-bond acceptors (Lipinski definition) is 5. The summed E-state index contributed by atoms with van der Waals surface area (Å²) in [7, 11) is 1.32. The van der Waals surface area contributed by atoms with Crippen molar-refractivity contribution < 1.29 is 14.3 Å². The van der Waals surface area contributed by atoms with Crippen molar-refractivity contribution >= 4 is 28.5 Å². The highest BCUT2D eigenvalue weighted by Crippen LogP contribution is 2.14. The van der Waals surface area contributed by atoms with E-state index in [2.05, 4.69) is 16.6 Å². The third kappa shape index (κ3) is 5.06. The summed E-state index contributed by atoms with van der Waals surface area (Å²) in [5.41, 5.74) is 7.30. The zero-order valence-corrected chi connectivity index (χ0v) is 11.7. The number of esters is 1. The van der Waals surface area contributed by atoms with E-state index < -0.39 is 5.97 Å². The number of benzene rings is 1. The number of methoxy groups -OCH3 is 1. The first kappa shape index (κ1) is 15.1. The Balaban J connectivity index is 2.74. The average Bonchev–Trinajstić information content (AvgIpc) is 2.39. The number of thioether (sulfide) groups is 1. The van der Waals surface area contributed by atoms with Gasteiger partial charge in [0.1, 0.15) is 0 Å². The second-order valence-electron chi connectivity index (χ2n) is 3.69. The molecule has 1 aromatic carbocycles. The molecule has 5 heteroatoms. The van der Waals surface area contributed by atoms with Gasteiger partial charge in [-0.25, -0.2) is 4.79 Å². The van der Waals surface area contributed by atoms with Gasteiger partial charge in [0, 0.05) is 30.3 Å². The molecule has 19 heavy (non-hydrogen) atoms. The molecule has 100 valence electrons. The van der Waals surface area contributed by atoms with Gasteiger partial charge in [0.25, 0.3) is 0 Å². The summed E-state index contributed by atoms with van der Waals surface area (Å²) in [4.78, 5) is 22.1. The van der Waals surface area contributed by atoms with Crippen LogP contribution in [-0.4, -0.2) is 23.9 Å². The first-order valence-electron chi connectivity index (χ1n) is 5.64. The quantitative estimate of drug-likeness (QED) is 0.396. The molecule has 0 radical (unpaired) electrons. The Morgan fingerprint density at radius 3 is 2.79 bits per heavy atom. The van der Waals surface area contributed by atoms with E-state index in [9.17, 15) is 9.59 Å². The number of nitrogens with two attached hydrogens (primary N) is 1. The molecule has 0 atom stereocenters. The highest BCUT2D eigenvalue weighted by atomic mass is 32.2. The predicted octanol–water partition coefficient (Wildman–Crippen LogP) is 2.08. The van der Waals surface area contributed by atoms with Crippen LogP contribution >= 0.6 is 11.8 Å². The minimum absolute atomic E-state index is 0.0778. The van der Waals surface area contributed by atoms with Crippen LogP contribution in [0.15, 0.2) is 18.2 Å². The van der Waals surface area contributed by atoms with Crippen LogP contribution in [0.3, 0.4) is 0 Å². The van der Waals surface area contributed by atoms with Gasteiger partial charge in [-0.1, -0.05) is 23.6 Å². The van der Waals surface area contributed by atoms with Gasteiger partial charge in [0.2, 0.25) is 0 Å². The molecular weight excluding hydrogens is 262 g/mol. The highest BCUT2D eigenvalue weighted by Gasteiger charge is 2.06. The van der Waals surface area contributed by atoms with Crippen LogP contribution < -0.4 is 5.73 Å². The molecule has 0 aliphatic carbocycles. The molecule has 0 aromatic heterocycles. The molecule has 0 fully saturated rings. The fourth-order valence-corrected chi connectivity index (χ4v) is 1.80. The van der Waals surface area contributed by atoms with Gasteiger partial charge < -0.3 is 10.5 Å². The summed E-state index contributed by atoms with van der Waals surface area (Å²) in [6.07, 6.45) is 0.589. The molecule has 0 aliphatic rings. The second-order valence-corrected chi connectivity index (χ2v) is 4.96. The summed E-state index contributed by atoms with van der Waals surface area (Å²) in [6.45, 7) is 1.52. The molecule has 2 N–H and O–H groups in total. The van der Waals surface area contributed by atoms with Crippen LogP contribution in [0.5, 0.6) is 0 Å². The van der Waals surface area contributed by atoms with Crippen LogP contribution in [0, 0.1) is 11.8 Å². The van der Waals surface area contributed by atoms with Crippen molar-refractivity contribution in [3.63, 3.8) is 0 Å². The standard InChI is InChI=1S/C14H15NO3S/c1-10(16)19-8-4-3-5-11-9-12(14(17)18-2)6-7-13(11)15/h6-7,9H,4,8,15H2,1-2H3. The zero-order valence-electron chi connectivity index (χ0n) is 10.9. The van der Waals surface area contributed by atoms with Gasteiger partial charge in [-0.15, -0.1) is 0 Å². The smallest absolute Gasteiger partial charge is 0.337 e. The fourth-order valence-electron chi connectivity index (χ4n) is 1.31. The van der Waals surface area contributed by atoms with Crippen LogP contribution in [0.2, 0.25) is 0 Å². The maximum atomic E-state index is 11.4. The van der Waals surface area contributed by atoms with Crippen LogP contribution in [0.4, 0.5) is 5.69 Å². The summed E-state index contributed by atoms with van der Waals surface area (Å²) >= 11 is 1.24. The van der Waals surface area contributed by atoms with E-state index in [0.29, 0.717) is 29.0 Å². The maximum Gasteiger partial charge on any atom is 0.337 e. The summed E-state index contributed by atoms with van der Waals surface area (Å²) in [5.74, 6) is 6.06. The lowest BCUT2D eigenvalue weighted by Crippen LogP contribution is -2.02. The molecular formula is C14H15NO3S. The number of ether oxygens (including phenoxy) is 1. The first-order valence-corrected chi connectivity index (χ1v) is 6.63. The number of hydrogen-bond donors (Lipinski definition) is 1. The minimum Gasteiger partial charge on any atom is -0.465 e. The van der Waals surface area contributed by atoms with Crippen molar-refractivity contribution in [1.29, 1.82) is 0 Å². The van der Waals surface area contributed by atoms with Crippen molar-refractivity contribution in [1.82, 2.24) is 0 Å². The molecule has 0 saturated carbocycles. The van der Waals surface area contributed by atoms with Crippen molar-refractivity contribution in [2.45, 2.75) is 13.3 Å². The van der Waals surface area contributed by atoms with Gasteiger partial charge in [-0.05, 0) is 18.2 Å². The lowest BCUT2D eigenvalue weighted by molar-refractivity contribution is -0.109. The zero-order chi connectivity index (χ0) is 14.3. The number of carbonyl (C=O) groups excluding carboxylic acids is 2. The Morgan fingerprint density at radius 2 is 2.16 bits per heavy atom. The van der Waals surface area contributed by atoms with Crippen LogP contribution in [0.1, 0.15) is 29.3 Å². The van der Waals surface area contributed by atoms with E-state index in [1.165, 1.54) is 25.8 Å². The summed E-state index contributed by atoms with van der Waals surface area (Å²) in [5, 5.41) is 0.0778. The lowest BCUT2D eigenvalue weighted by Gasteiger charge is -2.02. The average molecular weight is 277 g/mol. The van der Waals surface area contributed by atoms with Crippen molar-refractivity contribution in [2.24, 2.45) is 0 Å². The van der Waals surface area contributed by atoms with Gasteiger partial charge in [-0.2, -0.15) is 0 Å².